The number of hydrogen-bond acceptors (Lipinski definition) is 6. The lowest BCUT2D eigenvalue weighted by molar-refractivity contribution is 0.281. The average Bonchev–Trinajstić information content (AvgIpc) is 2.24. The molecule has 0 saturated heterocycles. The zero-order valence-electron chi connectivity index (χ0n) is 9.59. The van der Waals surface area contributed by atoms with Crippen molar-refractivity contribution in [3.05, 3.63) is 17.0 Å². The van der Waals surface area contributed by atoms with E-state index < -0.39 is 9.84 Å². The summed E-state index contributed by atoms with van der Waals surface area (Å²) in [6, 6.07) is 0. The van der Waals surface area contributed by atoms with Gasteiger partial charge in [0.15, 0.2) is 0 Å². The molecule has 1 N–H and O–H groups in total. The number of aliphatic hydroxyl groups excluding tert-OH is 1. The summed E-state index contributed by atoms with van der Waals surface area (Å²) in [5.74, 6) is 0.451. The minimum atomic E-state index is -3.04. The highest BCUT2D eigenvalue weighted by Gasteiger charge is 2.14. The summed E-state index contributed by atoms with van der Waals surface area (Å²) >= 11 is 5.81. The Labute approximate surface area is 105 Å². The van der Waals surface area contributed by atoms with E-state index in [-0.39, 0.29) is 24.1 Å². The number of aliphatic hydroxyl groups is 1. The molecule has 0 radical (unpaired) electrons. The monoisotopic (exact) mass is 279 g/mol. The predicted molar refractivity (Wildman–Crippen MR) is 65.9 cm³/mol. The maximum Gasteiger partial charge on any atom is 0.149 e. The first-order chi connectivity index (χ1) is 7.85. The summed E-state index contributed by atoms with van der Waals surface area (Å²) < 4.78 is 22.1. The smallest absolute Gasteiger partial charge is 0.149 e. The molecule has 1 heterocycles. The van der Waals surface area contributed by atoms with Crippen molar-refractivity contribution in [2.45, 2.75) is 6.61 Å². The van der Waals surface area contributed by atoms with Gasteiger partial charge < -0.3 is 10.0 Å². The zero-order chi connectivity index (χ0) is 13.1. The van der Waals surface area contributed by atoms with Crippen LogP contribution in [0.25, 0.3) is 0 Å². The number of halogens is 1. The molecule has 8 heteroatoms. The highest BCUT2D eigenvalue weighted by molar-refractivity contribution is 7.90. The molecule has 0 bridgehead atoms. The molecular formula is C9H14ClN3O3S. The Morgan fingerprint density at radius 1 is 1.47 bits per heavy atom. The molecule has 17 heavy (non-hydrogen) atoms. The van der Waals surface area contributed by atoms with Gasteiger partial charge in [0.1, 0.15) is 27.1 Å². The van der Waals surface area contributed by atoms with Crippen LogP contribution in [-0.2, 0) is 16.4 Å². The van der Waals surface area contributed by atoms with Crippen LogP contribution < -0.4 is 4.90 Å². The van der Waals surface area contributed by atoms with Crippen LogP contribution in [0.15, 0.2) is 6.33 Å². The lowest BCUT2D eigenvalue weighted by Crippen LogP contribution is -2.26. The molecule has 1 aromatic rings. The van der Waals surface area contributed by atoms with Crippen LogP contribution in [0.1, 0.15) is 5.56 Å². The van der Waals surface area contributed by atoms with Gasteiger partial charge in [0, 0.05) is 19.8 Å². The van der Waals surface area contributed by atoms with Gasteiger partial charge in [-0.05, 0) is 0 Å². The molecule has 1 rings (SSSR count). The van der Waals surface area contributed by atoms with E-state index in [0.29, 0.717) is 11.4 Å². The van der Waals surface area contributed by atoms with E-state index in [1.165, 1.54) is 12.6 Å². The molecule has 6 nitrogen and oxygen atoms in total. The van der Waals surface area contributed by atoms with Crippen LogP contribution in [-0.4, -0.2) is 49.1 Å². The summed E-state index contributed by atoms with van der Waals surface area (Å²) in [6.07, 6.45) is 2.44. The third-order valence-corrected chi connectivity index (χ3v) is 3.44. The number of hydrogen-bond donors (Lipinski definition) is 1. The van der Waals surface area contributed by atoms with Crippen LogP contribution in [0.2, 0.25) is 5.15 Å². The van der Waals surface area contributed by atoms with Gasteiger partial charge in [0.25, 0.3) is 0 Å². The molecule has 0 aliphatic carbocycles. The van der Waals surface area contributed by atoms with Gasteiger partial charge in [-0.25, -0.2) is 18.4 Å². The Morgan fingerprint density at radius 3 is 2.65 bits per heavy atom. The summed E-state index contributed by atoms with van der Waals surface area (Å²) in [5, 5.41) is 9.34. The first kappa shape index (κ1) is 14.1. The van der Waals surface area contributed by atoms with Crippen molar-refractivity contribution < 1.29 is 13.5 Å². The molecule has 0 aliphatic heterocycles. The van der Waals surface area contributed by atoms with Crippen LogP contribution >= 0.6 is 11.6 Å². The van der Waals surface area contributed by atoms with Crippen LogP contribution in [0, 0.1) is 0 Å². The number of anilines is 1. The maximum absolute atomic E-state index is 11.1. The van der Waals surface area contributed by atoms with Gasteiger partial charge in [-0.15, -0.1) is 0 Å². The molecule has 96 valence electrons. The molecule has 1 aromatic heterocycles. The first-order valence-corrected chi connectivity index (χ1v) is 7.28. The molecule has 0 aromatic carbocycles. The lowest BCUT2D eigenvalue weighted by atomic mass is 10.3. The van der Waals surface area contributed by atoms with E-state index in [0.717, 1.165) is 0 Å². The molecule has 0 fully saturated rings. The Balaban J connectivity index is 2.89. The quantitative estimate of drug-likeness (QED) is 0.770. The molecular weight excluding hydrogens is 266 g/mol. The van der Waals surface area contributed by atoms with Crippen LogP contribution in [0.4, 0.5) is 5.82 Å². The fourth-order valence-corrected chi connectivity index (χ4v) is 2.05. The standard InChI is InChI=1S/C9H14ClN3O3S/c1-13(3-4-17(2,15)16)9-7(5-14)8(10)11-6-12-9/h6,14H,3-5H2,1-2H3. The number of nitrogens with zero attached hydrogens (tertiary/aromatic N) is 3. The minimum absolute atomic E-state index is 0.00991. The van der Waals surface area contributed by atoms with Gasteiger partial charge in [-0.3, -0.25) is 0 Å². The Bertz CT molecular complexity index is 492. The zero-order valence-corrected chi connectivity index (χ0v) is 11.2. The Kier molecular flexibility index (Phi) is 4.67. The van der Waals surface area contributed by atoms with E-state index in [1.54, 1.807) is 11.9 Å². The molecule has 0 aliphatic rings. The molecule has 0 atom stereocenters. The fraction of sp³-hybridized carbons (Fsp3) is 0.556. The number of sulfone groups is 1. The second kappa shape index (κ2) is 5.61. The Hall–Kier alpha value is -0.920. The number of rotatable bonds is 5. The molecule has 0 spiro atoms. The van der Waals surface area contributed by atoms with Gasteiger partial charge >= 0.3 is 0 Å². The normalized spacial score (nSPS) is 11.5. The molecule has 0 saturated carbocycles. The average molecular weight is 280 g/mol. The van der Waals surface area contributed by atoms with E-state index in [9.17, 15) is 8.42 Å². The highest BCUT2D eigenvalue weighted by Crippen LogP contribution is 2.22. The van der Waals surface area contributed by atoms with Gasteiger partial charge in [-0.2, -0.15) is 0 Å². The number of aromatic nitrogens is 2. The largest absolute Gasteiger partial charge is 0.391 e. The summed E-state index contributed by atoms with van der Waals surface area (Å²) in [6.45, 7) is -0.0165. The topological polar surface area (TPSA) is 83.4 Å². The first-order valence-electron chi connectivity index (χ1n) is 4.84. The third-order valence-electron chi connectivity index (χ3n) is 2.19. The fourth-order valence-electron chi connectivity index (χ4n) is 1.26. The third kappa shape index (κ3) is 4.10. The minimum Gasteiger partial charge on any atom is -0.391 e. The van der Waals surface area contributed by atoms with Crippen molar-refractivity contribution >= 4 is 27.3 Å². The molecule has 0 amide bonds. The van der Waals surface area contributed by atoms with E-state index in [2.05, 4.69) is 9.97 Å². The second-order valence-corrected chi connectivity index (χ2v) is 6.29. The van der Waals surface area contributed by atoms with Crippen LogP contribution in [0.3, 0.4) is 0 Å². The maximum atomic E-state index is 11.1. The van der Waals surface area contributed by atoms with Crippen molar-refractivity contribution in [3.8, 4) is 0 Å². The molecule has 0 unspecified atom stereocenters. The van der Waals surface area contributed by atoms with Crippen molar-refractivity contribution in [3.63, 3.8) is 0 Å². The van der Waals surface area contributed by atoms with Crippen LogP contribution in [0.5, 0.6) is 0 Å². The SMILES string of the molecule is CN(CCS(C)(=O)=O)c1ncnc(Cl)c1CO. The van der Waals surface area contributed by atoms with Gasteiger partial charge in [0.05, 0.1) is 17.9 Å². The summed E-state index contributed by atoms with van der Waals surface area (Å²) in [4.78, 5) is 9.36. The van der Waals surface area contributed by atoms with E-state index in [4.69, 9.17) is 16.7 Å². The van der Waals surface area contributed by atoms with Crippen molar-refractivity contribution in [2.75, 3.05) is 30.5 Å². The van der Waals surface area contributed by atoms with Crippen molar-refractivity contribution in [1.82, 2.24) is 9.97 Å². The predicted octanol–water partition coefficient (Wildman–Crippen LogP) is 0.103. The van der Waals surface area contributed by atoms with Gasteiger partial charge in [-0.1, -0.05) is 11.6 Å². The lowest BCUT2D eigenvalue weighted by Gasteiger charge is -2.20. The summed E-state index contributed by atoms with van der Waals surface area (Å²) in [5.41, 5.74) is 0.394. The Morgan fingerprint density at radius 2 is 2.12 bits per heavy atom. The highest BCUT2D eigenvalue weighted by atomic mass is 35.5. The second-order valence-electron chi connectivity index (χ2n) is 3.68. The summed E-state index contributed by atoms with van der Waals surface area (Å²) in [7, 11) is -1.35. The van der Waals surface area contributed by atoms with E-state index in [1.807, 2.05) is 0 Å². The van der Waals surface area contributed by atoms with Crippen molar-refractivity contribution in [2.24, 2.45) is 0 Å². The van der Waals surface area contributed by atoms with E-state index >= 15 is 0 Å². The van der Waals surface area contributed by atoms with Gasteiger partial charge in [0.2, 0.25) is 0 Å². The van der Waals surface area contributed by atoms with Crippen molar-refractivity contribution in [1.29, 1.82) is 0 Å².